The van der Waals surface area contributed by atoms with Crippen molar-refractivity contribution in [2.24, 2.45) is 5.73 Å². The summed E-state index contributed by atoms with van der Waals surface area (Å²) in [7, 11) is -3.52. The number of benzene rings is 1. The number of carboxylic acids is 1. The number of nitrogens with one attached hydrogen (secondary N) is 1. The molecule has 0 unspecified atom stereocenters. The second-order valence-corrected chi connectivity index (χ2v) is 5.48. The molecule has 1 aromatic rings. The van der Waals surface area contributed by atoms with E-state index < -0.39 is 22.1 Å². The maximum atomic E-state index is 11.1. The maximum absolute atomic E-state index is 11.1. The molecular formula is C10H14N2O5S. The minimum atomic E-state index is -3.52. The largest absolute Gasteiger partial charge is 0.478 e. The van der Waals surface area contributed by atoms with Crippen LogP contribution in [0.1, 0.15) is 22.0 Å². The van der Waals surface area contributed by atoms with E-state index in [-0.39, 0.29) is 23.4 Å². The summed E-state index contributed by atoms with van der Waals surface area (Å²) in [5.41, 5.74) is 5.47. The van der Waals surface area contributed by atoms with Crippen molar-refractivity contribution in [1.29, 1.82) is 0 Å². The fraction of sp³-hybridized carbons (Fsp3) is 0.300. The van der Waals surface area contributed by atoms with Crippen LogP contribution in [-0.4, -0.2) is 37.4 Å². The number of carboxylic acid groups (broad SMARTS) is 1. The molecule has 5 N–H and O–H groups in total. The zero-order chi connectivity index (χ0) is 13.9. The van der Waals surface area contributed by atoms with E-state index in [1.807, 2.05) is 0 Å². The van der Waals surface area contributed by atoms with Crippen molar-refractivity contribution in [3.63, 3.8) is 0 Å². The van der Waals surface area contributed by atoms with Gasteiger partial charge in [0.25, 0.3) is 0 Å². The predicted octanol–water partition coefficient (Wildman–Crippen LogP) is -0.252. The Morgan fingerprint density at radius 1 is 1.50 bits per heavy atom. The molecule has 0 aliphatic rings. The molecule has 0 saturated heterocycles. The average molecular weight is 274 g/mol. The number of aromatic carboxylic acids is 1. The Balaban J connectivity index is 3.29. The Morgan fingerprint density at radius 2 is 2.11 bits per heavy atom. The van der Waals surface area contributed by atoms with Crippen LogP contribution in [0.15, 0.2) is 18.2 Å². The molecule has 1 atom stereocenters. The molecule has 0 saturated carbocycles. The first-order chi connectivity index (χ1) is 8.24. The van der Waals surface area contributed by atoms with E-state index in [4.69, 9.17) is 10.8 Å². The number of hydrogen-bond donors (Lipinski definition) is 4. The van der Waals surface area contributed by atoms with Crippen LogP contribution in [0.3, 0.4) is 0 Å². The van der Waals surface area contributed by atoms with Crippen LogP contribution >= 0.6 is 0 Å². The highest BCUT2D eigenvalue weighted by Crippen LogP contribution is 2.24. The van der Waals surface area contributed by atoms with Gasteiger partial charge >= 0.3 is 5.97 Å². The molecule has 7 nitrogen and oxygen atoms in total. The first-order valence-corrected chi connectivity index (χ1v) is 6.87. The van der Waals surface area contributed by atoms with Crippen LogP contribution in [0.25, 0.3) is 0 Å². The zero-order valence-electron chi connectivity index (χ0n) is 9.62. The Labute approximate surface area is 104 Å². The summed E-state index contributed by atoms with van der Waals surface area (Å²) in [6.45, 7) is -0.151. The van der Waals surface area contributed by atoms with Crippen LogP contribution in [-0.2, 0) is 10.0 Å². The molecule has 0 radical (unpaired) electrons. The summed E-state index contributed by atoms with van der Waals surface area (Å²) in [6.07, 6.45) is -0.190. The van der Waals surface area contributed by atoms with Crippen LogP contribution < -0.4 is 10.5 Å². The summed E-state index contributed by atoms with van der Waals surface area (Å²) in [5, 5.41) is 18.5. The third-order valence-electron chi connectivity index (χ3n) is 2.18. The number of rotatable bonds is 5. The van der Waals surface area contributed by atoms with Gasteiger partial charge in [0.2, 0.25) is 10.0 Å². The van der Waals surface area contributed by atoms with Gasteiger partial charge in [0.1, 0.15) is 0 Å². The molecule has 0 aliphatic heterocycles. The number of aliphatic hydroxyl groups is 1. The minimum absolute atomic E-state index is 0.0587. The van der Waals surface area contributed by atoms with Crippen LogP contribution in [0.2, 0.25) is 0 Å². The third kappa shape index (κ3) is 3.69. The molecular weight excluding hydrogens is 260 g/mol. The highest BCUT2D eigenvalue weighted by molar-refractivity contribution is 7.92. The molecule has 1 aromatic carbocycles. The van der Waals surface area contributed by atoms with Gasteiger partial charge in [0.15, 0.2) is 0 Å². The van der Waals surface area contributed by atoms with Gasteiger partial charge in [-0.15, -0.1) is 0 Å². The second-order valence-electron chi connectivity index (χ2n) is 3.73. The topological polar surface area (TPSA) is 130 Å². The number of aliphatic hydroxyl groups excluding tert-OH is 1. The number of carbonyl (C=O) groups is 1. The molecule has 0 amide bonds. The van der Waals surface area contributed by atoms with E-state index in [1.165, 1.54) is 18.2 Å². The van der Waals surface area contributed by atoms with Crippen molar-refractivity contribution in [3.05, 3.63) is 29.3 Å². The quantitative estimate of drug-likeness (QED) is 0.585. The van der Waals surface area contributed by atoms with Crippen molar-refractivity contribution < 1.29 is 23.4 Å². The van der Waals surface area contributed by atoms with Crippen molar-refractivity contribution in [2.45, 2.75) is 6.10 Å². The van der Waals surface area contributed by atoms with Crippen LogP contribution in [0, 0.1) is 0 Å². The van der Waals surface area contributed by atoms with Gasteiger partial charge in [0, 0.05) is 12.1 Å². The molecule has 18 heavy (non-hydrogen) atoms. The summed E-state index contributed by atoms with van der Waals surface area (Å²) < 4.78 is 24.5. The number of anilines is 1. The molecule has 0 bridgehead atoms. The number of sulfonamides is 1. The summed E-state index contributed by atoms with van der Waals surface area (Å²) >= 11 is 0. The lowest BCUT2D eigenvalue weighted by molar-refractivity contribution is 0.0696. The van der Waals surface area contributed by atoms with Crippen molar-refractivity contribution in [1.82, 2.24) is 0 Å². The first kappa shape index (κ1) is 14.4. The first-order valence-electron chi connectivity index (χ1n) is 4.97. The van der Waals surface area contributed by atoms with E-state index in [1.54, 1.807) is 0 Å². The van der Waals surface area contributed by atoms with Gasteiger partial charge in [-0.05, 0) is 18.2 Å². The van der Waals surface area contributed by atoms with E-state index in [0.29, 0.717) is 0 Å². The lowest BCUT2D eigenvalue weighted by atomic mass is 10.0. The van der Waals surface area contributed by atoms with E-state index in [2.05, 4.69) is 4.72 Å². The zero-order valence-corrected chi connectivity index (χ0v) is 10.4. The normalized spacial score (nSPS) is 13.1. The Morgan fingerprint density at radius 3 is 2.56 bits per heavy atom. The van der Waals surface area contributed by atoms with Gasteiger partial charge in [-0.3, -0.25) is 4.72 Å². The smallest absolute Gasteiger partial charge is 0.335 e. The molecule has 0 heterocycles. The Bertz CT molecular complexity index is 555. The standard InChI is InChI=1S/C10H14N2O5S/c1-18(16,17)12-8-3-2-6(10(14)15)4-7(8)9(13)5-11/h2-4,9,12-13H,5,11H2,1H3,(H,14,15)/t9-/m0/s1. The van der Waals surface area contributed by atoms with Gasteiger partial charge in [-0.2, -0.15) is 0 Å². The van der Waals surface area contributed by atoms with Crippen LogP contribution in [0.5, 0.6) is 0 Å². The summed E-state index contributed by atoms with van der Waals surface area (Å²) in [4.78, 5) is 10.8. The van der Waals surface area contributed by atoms with Gasteiger partial charge in [-0.1, -0.05) is 0 Å². The summed E-state index contributed by atoms with van der Waals surface area (Å²) in [6, 6.07) is 3.70. The highest BCUT2D eigenvalue weighted by atomic mass is 32.2. The Hall–Kier alpha value is -1.64. The monoisotopic (exact) mass is 274 g/mol. The molecule has 0 spiro atoms. The molecule has 1 rings (SSSR count). The van der Waals surface area contributed by atoms with Crippen LogP contribution in [0.4, 0.5) is 5.69 Å². The van der Waals surface area contributed by atoms with E-state index in [9.17, 15) is 18.3 Å². The SMILES string of the molecule is CS(=O)(=O)Nc1ccc(C(=O)O)cc1[C@@H](O)CN. The third-order valence-corrected chi connectivity index (χ3v) is 2.77. The number of hydrogen-bond acceptors (Lipinski definition) is 5. The number of nitrogens with two attached hydrogens (primary N) is 1. The fourth-order valence-corrected chi connectivity index (χ4v) is 1.98. The molecule has 0 aromatic heterocycles. The second kappa shape index (κ2) is 5.34. The Kier molecular flexibility index (Phi) is 4.28. The van der Waals surface area contributed by atoms with Crippen molar-refractivity contribution in [2.75, 3.05) is 17.5 Å². The van der Waals surface area contributed by atoms with Gasteiger partial charge in [-0.25, -0.2) is 13.2 Å². The molecule has 0 aliphatic carbocycles. The lowest BCUT2D eigenvalue weighted by Crippen LogP contribution is -2.17. The van der Waals surface area contributed by atoms with Gasteiger partial charge < -0.3 is 15.9 Å². The molecule has 8 heteroatoms. The predicted molar refractivity (Wildman–Crippen MR) is 65.9 cm³/mol. The van der Waals surface area contributed by atoms with E-state index >= 15 is 0 Å². The fourth-order valence-electron chi connectivity index (χ4n) is 1.39. The molecule has 100 valence electrons. The van der Waals surface area contributed by atoms with Crippen molar-refractivity contribution in [3.8, 4) is 0 Å². The van der Waals surface area contributed by atoms with Crippen molar-refractivity contribution >= 4 is 21.7 Å². The summed E-state index contributed by atoms with van der Waals surface area (Å²) in [5.74, 6) is -1.17. The minimum Gasteiger partial charge on any atom is -0.478 e. The lowest BCUT2D eigenvalue weighted by Gasteiger charge is -2.15. The average Bonchev–Trinajstić information content (AvgIpc) is 2.26. The maximum Gasteiger partial charge on any atom is 0.335 e. The highest BCUT2D eigenvalue weighted by Gasteiger charge is 2.16. The van der Waals surface area contributed by atoms with E-state index in [0.717, 1.165) is 6.26 Å². The van der Waals surface area contributed by atoms with Gasteiger partial charge in [0.05, 0.1) is 23.6 Å². The molecule has 0 fully saturated rings.